The average Bonchev–Trinajstić information content (AvgIpc) is 1.59. The summed E-state index contributed by atoms with van der Waals surface area (Å²) in [6.45, 7) is 0. The molecular formula is C126H79N9OSSe. The van der Waals surface area contributed by atoms with Crippen LogP contribution in [0.25, 0.3) is 257 Å². The molecule has 10 nitrogen and oxygen atoms in total. The standard InChI is InChI=1S/C46H29N3Se.C40H25N3O.C40H25N3S/c1-3-11-30(12-4-1)40-29-41(31-13-5-2-6-14-31)48-46(47-40)32-19-23-35(24-20-32)49-42-17-9-7-15-36(42)38-27-33(21-25-43(38)49)34-22-26-45-39(28-34)37-16-8-10-18-44(37)50-45;2*1-3-11-26(12-4-1)34-25-35(27-13-5-2-6-14-27)42-40(41-34)43-36-17-9-7-15-30(36)32-23-28(19-21-37(32)43)29-20-22-39-33(24-29)31-16-8-10-18-38(31)44-39/h1-29H;2*1-25H. The van der Waals surface area contributed by atoms with Gasteiger partial charge in [0.05, 0.1) is 56.2 Å². The Hall–Kier alpha value is -17.6. The molecule has 0 saturated carbocycles. The molecule has 0 unspecified atom stereocenters. The number of aromatic nitrogens is 9. The molecule has 0 N–H and O–H groups in total. The summed E-state index contributed by atoms with van der Waals surface area (Å²) in [5, 5.41) is 14.8. The number of hydrogen-bond donors (Lipinski definition) is 0. The van der Waals surface area contributed by atoms with Crippen LogP contribution in [0.2, 0.25) is 0 Å². The van der Waals surface area contributed by atoms with Crippen molar-refractivity contribution < 1.29 is 4.42 Å². The zero-order valence-electron chi connectivity index (χ0n) is 74.4. The van der Waals surface area contributed by atoms with Crippen molar-refractivity contribution in [3.8, 4) is 130 Å². The van der Waals surface area contributed by atoms with Crippen molar-refractivity contribution >= 4 is 153 Å². The van der Waals surface area contributed by atoms with Crippen LogP contribution in [0.15, 0.2) is 484 Å². The van der Waals surface area contributed by atoms with E-state index < -0.39 is 0 Å². The van der Waals surface area contributed by atoms with Crippen molar-refractivity contribution in [2.24, 2.45) is 0 Å². The van der Waals surface area contributed by atoms with Gasteiger partial charge in [-0.2, -0.15) is 0 Å². The summed E-state index contributed by atoms with van der Waals surface area (Å²) in [7, 11) is 0. The van der Waals surface area contributed by atoms with Crippen LogP contribution in [0.3, 0.4) is 0 Å². The van der Waals surface area contributed by atoms with Crippen LogP contribution in [0, 0.1) is 0 Å². The number of rotatable bonds is 13. The fraction of sp³-hybridized carbons (Fsp3) is 0. The topological polar surface area (TPSA) is 105 Å². The molecule has 0 fully saturated rings. The second-order valence-electron chi connectivity index (χ2n) is 34.8. The number of nitrogens with zero attached hydrogens (tertiary/aromatic N) is 9. The maximum absolute atomic E-state index is 6.09. The molecule has 0 aliphatic rings. The fourth-order valence-electron chi connectivity index (χ4n) is 19.8. The summed E-state index contributed by atoms with van der Waals surface area (Å²) in [4.78, 5) is 30.7. The second-order valence-corrected chi connectivity index (χ2v) is 38.1. The molecule has 19 aromatic carbocycles. The molecular weight excluding hydrogens is 1770 g/mol. The number of benzene rings is 19. The molecule has 646 valence electrons. The van der Waals surface area contributed by atoms with Gasteiger partial charge in [0.25, 0.3) is 0 Å². The van der Waals surface area contributed by atoms with Gasteiger partial charge in [-0.3, -0.25) is 9.13 Å². The smallest absolute Gasteiger partial charge is 0.456 e. The van der Waals surface area contributed by atoms with Gasteiger partial charge in [0, 0.05) is 91.4 Å². The molecule has 138 heavy (non-hydrogen) atoms. The zero-order valence-corrected chi connectivity index (χ0v) is 76.9. The molecule has 9 heterocycles. The van der Waals surface area contributed by atoms with E-state index in [1.54, 1.807) is 0 Å². The normalized spacial score (nSPS) is 11.6. The van der Waals surface area contributed by atoms with Crippen LogP contribution in [-0.2, 0) is 0 Å². The Morgan fingerprint density at radius 1 is 0.181 bits per heavy atom. The van der Waals surface area contributed by atoms with Crippen molar-refractivity contribution in [1.82, 2.24) is 43.6 Å². The molecule has 0 aliphatic heterocycles. The van der Waals surface area contributed by atoms with E-state index in [0.717, 1.165) is 145 Å². The summed E-state index contributed by atoms with van der Waals surface area (Å²) in [5.41, 5.74) is 29.5. The van der Waals surface area contributed by atoms with Gasteiger partial charge in [0.2, 0.25) is 11.9 Å². The van der Waals surface area contributed by atoms with Crippen molar-refractivity contribution in [1.29, 1.82) is 0 Å². The third-order valence-electron chi connectivity index (χ3n) is 26.5. The second kappa shape index (κ2) is 34.4. The number of para-hydroxylation sites is 4. The first-order valence-corrected chi connectivity index (χ1v) is 48.9. The summed E-state index contributed by atoms with van der Waals surface area (Å²) in [6, 6.07) is 169. The van der Waals surface area contributed by atoms with Gasteiger partial charge >= 0.3 is 186 Å². The van der Waals surface area contributed by atoms with Gasteiger partial charge in [-0.15, -0.1) is 11.3 Å². The van der Waals surface area contributed by atoms with Gasteiger partial charge in [0.1, 0.15) is 11.2 Å². The molecule has 0 bridgehead atoms. The Morgan fingerprint density at radius 3 is 0.949 bits per heavy atom. The first-order chi connectivity index (χ1) is 68.4. The summed E-state index contributed by atoms with van der Waals surface area (Å²) < 4.78 is 18.5. The minimum Gasteiger partial charge on any atom is -0.456 e. The van der Waals surface area contributed by atoms with Gasteiger partial charge in [-0.05, 0) is 113 Å². The van der Waals surface area contributed by atoms with E-state index in [9.17, 15) is 0 Å². The first kappa shape index (κ1) is 81.2. The Morgan fingerprint density at radius 2 is 0.486 bits per heavy atom. The van der Waals surface area contributed by atoms with Crippen LogP contribution in [0.4, 0.5) is 0 Å². The SMILES string of the molecule is c1ccc(-c2cc(-c3ccccc3)nc(-c3ccc(-n4c5ccccc5c5cc(-c6ccc7[se]c8ccccc8c7c6)ccc54)cc3)n2)cc1.c1ccc(-c2cc(-c3ccccc3)nc(-n3c4ccccc4c4cc(-c5ccc6oc7ccccc7c6c5)ccc43)n2)cc1.c1ccc(-c2cc(-c3ccccc3)nc(-n3c4ccccc4c4cc(-c5ccc6sc7ccccc7c6c5)ccc43)n2)cc1. The minimum absolute atomic E-state index is 0.373. The molecule has 28 rings (SSSR count). The third-order valence-corrected chi connectivity index (χ3v) is 30.1. The summed E-state index contributed by atoms with van der Waals surface area (Å²) in [5.74, 6) is 2.02. The van der Waals surface area contributed by atoms with Crippen LogP contribution in [0.1, 0.15) is 0 Å². The molecule has 0 radical (unpaired) electrons. The molecule has 28 aromatic rings. The van der Waals surface area contributed by atoms with Crippen molar-refractivity contribution in [2.45, 2.75) is 0 Å². The predicted octanol–water partition coefficient (Wildman–Crippen LogP) is 33.0. The van der Waals surface area contributed by atoms with Gasteiger partial charge < -0.3 is 4.42 Å². The fourth-order valence-corrected chi connectivity index (χ4v) is 23.2. The van der Waals surface area contributed by atoms with Crippen LogP contribution in [-0.4, -0.2) is 58.1 Å². The Labute approximate surface area is 803 Å². The van der Waals surface area contributed by atoms with E-state index in [1.807, 2.05) is 108 Å². The number of furan rings is 1. The molecule has 0 aliphatic carbocycles. The Bertz CT molecular complexity index is 9060. The third kappa shape index (κ3) is 14.8. The number of thiophene rings is 1. The van der Waals surface area contributed by atoms with E-state index in [0.29, 0.717) is 32.2 Å². The van der Waals surface area contributed by atoms with Gasteiger partial charge in [-0.1, -0.05) is 279 Å². The predicted molar refractivity (Wildman–Crippen MR) is 576 cm³/mol. The monoisotopic (exact) mass is 1850 g/mol. The van der Waals surface area contributed by atoms with Crippen LogP contribution >= 0.6 is 11.3 Å². The average molecular weight is 1850 g/mol. The van der Waals surface area contributed by atoms with E-state index in [4.69, 9.17) is 34.3 Å². The summed E-state index contributed by atoms with van der Waals surface area (Å²) >= 11 is 2.23. The minimum atomic E-state index is 0.373. The molecule has 9 aromatic heterocycles. The summed E-state index contributed by atoms with van der Waals surface area (Å²) in [6.07, 6.45) is 0. The number of hydrogen-bond acceptors (Lipinski definition) is 8. The van der Waals surface area contributed by atoms with E-state index in [-0.39, 0.29) is 0 Å². The van der Waals surface area contributed by atoms with Crippen molar-refractivity contribution in [3.63, 3.8) is 0 Å². The Kier molecular flexibility index (Phi) is 20.3. The van der Waals surface area contributed by atoms with Crippen molar-refractivity contribution in [3.05, 3.63) is 479 Å². The van der Waals surface area contributed by atoms with Gasteiger partial charge in [0.15, 0.2) is 5.82 Å². The van der Waals surface area contributed by atoms with Crippen LogP contribution in [0.5, 0.6) is 0 Å². The first-order valence-electron chi connectivity index (χ1n) is 46.3. The molecule has 0 saturated heterocycles. The zero-order chi connectivity index (χ0) is 91.1. The van der Waals surface area contributed by atoms with E-state index in [2.05, 4.69) is 396 Å². The number of fused-ring (bicyclic) bond motifs is 18. The maximum atomic E-state index is 6.09. The molecule has 0 atom stereocenters. The Balaban J connectivity index is 0.000000107. The van der Waals surface area contributed by atoms with Gasteiger partial charge in [-0.25, -0.2) is 29.9 Å². The van der Waals surface area contributed by atoms with E-state index >= 15 is 0 Å². The molecule has 0 spiro atoms. The molecule has 0 amide bonds. The van der Waals surface area contributed by atoms with Crippen LogP contribution < -0.4 is 0 Å². The van der Waals surface area contributed by atoms with E-state index in [1.165, 1.54) is 94.3 Å². The molecule has 12 heteroatoms. The van der Waals surface area contributed by atoms with Crippen molar-refractivity contribution in [2.75, 3.05) is 0 Å². The quantitative estimate of drug-likeness (QED) is 0.106.